The van der Waals surface area contributed by atoms with Gasteiger partial charge in [-0.1, -0.05) is 58.3 Å². The predicted molar refractivity (Wildman–Crippen MR) is 162 cm³/mol. The van der Waals surface area contributed by atoms with Crippen LogP contribution in [0.3, 0.4) is 0 Å². The fourth-order valence-corrected chi connectivity index (χ4v) is 3.71. The molecular formula is C31H62O12. The van der Waals surface area contributed by atoms with E-state index in [0.29, 0.717) is 106 Å². The van der Waals surface area contributed by atoms with Crippen molar-refractivity contribution in [1.82, 2.24) is 0 Å². The molecular weight excluding hydrogens is 564 g/mol. The zero-order chi connectivity index (χ0) is 31.3. The first-order valence-corrected chi connectivity index (χ1v) is 16.3. The van der Waals surface area contributed by atoms with E-state index in [2.05, 4.69) is 6.92 Å². The predicted octanol–water partition coefficient (Wildman–Crippen LogP) is 2.94. The zero-order valence-corrected chi connectivity index (χ0v) is 26.9. The Balaban J connectivity index is 3.21. The summed E-state index contributed by atoms with van der Waals surface area (Å²) in [6.07, 6.45) is 10.4. The zero-order valence-electron chi connectivity index (χ0n) is 26.9. The summed E-state index contributed by atoms with van der Waals surface area (Å²) in [4.78, 5) is 11.8. The highest BCUT2D eigenvalue weighted by Gasteiger charge is 2.09. The number of unbranched alkanes of at least 4 members (excludes halogenated alkanes) is 8. The minimum absolute atomic E-state index is 0.0205. The molecule has 12 nitrogen and oxygen atoms in total. The van der Waals surface area contributed by atoms with Crippen molar-refractivity contribution < 1.29 is 57.6 Å². The fourth-order valence-electron chi connectivity index (χ4n) is 3.71. The van der Waals surface area contributed by atoms with Crippen LogP contribution in [-0.4, -0.2) is 141 Å². The van der Waals surface area contributed by atoms with Gasteiger partial charge >= 0.3 is 5.97 Å². The maximum absolute atomic E-state index is 11.8. The highest BCUT2D eigenvalue weighted by Crippen LogP contribution is 2.10. The first-order valence-electron chi connectivity index (χ1n) is 16.3. The molecule has 258 valence electrons. The molecule has 0 aromatic carbocycles. The van der Waals surface area contributed by atoms with Crippen molar-refractivity contribution in [2.75, 3.05) is 119 Å². The molecule has 0 aliphatic carbocycles. The number of hydrogen-bond donors (Lipinski definition) is 2. The third kappa shape index (κ3) is 37.2. The Labute approximate surface area is 259 Å². The molecule has 0 spiro atoms. The van der Waals surface area contributed by atoms with Gasteiger partial charge in [-0.05, 0) is 6.42 Å². The molecule has 43 heavy (non-hydrogen) atoms. The second-order valence-electron chi connectivity index (χ2n) is 10.0. The molecule has 2 N–H and O–H groups in total. The molecule has 0 heterocycles. The molecule has 0 fully saturated rings. The molecule has 0 bridgehead atoms. The number of carbonyl (C=O) groups is 1. The molecule has 1 atom stereocenters. The molecule has 1 unspecified atom stereocenters. The Kier molecular flexibility index (Phi) is 36.5. The second-order valence-corrected chi connectivity index (χ2v) is 10.0. The van der Waals surface area contributed by atoms with E-state index in [9.17, 15) is 9.90 Å². The molecule has 0 saturated heterocycles. The van der Waals surface area contributed by atoms with Gasteiger partial charge in [0.1, 0.15) is 12.7 Å². The first-order chi connectivity index (χ1) is 21.2. The summed E-state index contributed by atoms with van der Waals surface area (Å²) in [6, 6.07) is 0. The normalized spacial score (nSPS) is 12.2. The van der Waals surface area contributed by atoms with E-state index >= 15 is 0 Å². The molecule has 0 saturated carbocycles. The summed E-state index contributed by atoms with van der Waals surface area (Å²) in [5, 5.41) is 18.5. The number of ether oxygens (including phenoxy) is 9. The Morgan fingerprint density at radius 3 is 1.23 bits per heavy atom. The van der Waals surface area contributed by atoms with Crippen LogP contribution in [0.2, 0.25) is 0 Å². The number of hydrogen-bond acceptors (Lipinski definition) is 12. The van der Waals surface area contributed by atoms with Gasteiger partial charge in [-0.2, -0.15) is 0 Å². The molecule has 0 rings (SSSR count). The van der Waals surface area contributed by atoms with Gasteiger partial charge in [0.25, 0.3) is 0 Å². The molecule has 0 radical (unpaired) electrons. The summed E-state index contributed by atoms with van der Waals surface area (Å²) in [6.45, 7) is 9.08. The van der Waals surface area contributed by atoms with Gasteiger partial charge in [0, 0.05) is 6.42 Å². The highest BCUT2D eigenvalue weighted by atomic mass is 16.6. The maximum Gasteiger partial charge on any atom is 0.305 e. The van der Waals surface area contributed by atoms with Crippen molar-refractivity contribution in [2.45, 2.75) is 77.2 Å². The third-order valence-electron chi connectivity index (χ3n) is 6.07. The van der Waals surface area contributed by atoms with Gasteiger partial charge in [0.05, 0.1) is 112 Å². The average molecular weight is 627 g/mol. The highest BCUT2D eigenvalue weighted by molar-refractivity contribution is 5.69. The number of rotatable bonds is 37. The SMILES string of the molecule is CCCCCCCCCCCC(=O)OCC(O)COCCOCCOCCOCCOCCOCCOCCOCCO. The van der Waals surface area contributed by atoms with E-state index in [4.69, 9.17) is 47.7 Å². The Hall–Kier alpha value is -0.930. The van der Waals surface area contributed by atoms with Crippen molar-refractivity contribution in [3.63, 3.8) is 0 Å². The summed E-state index contributed by atoms with van der Waals surface area (Å²) >= 11 is 0. The van der Waals surface area contributed by atoms with Crippen LogP contribution in [0.1, 0.15) is 71.1 Å². The smallest absolute Gasteiger partial charge is 0.305 e. The minimum atomic E-state index is -0.839. The van der Waals surface area contributed by atoms with E-state index in [1.165, 1.54) is 38.5 Å². The lowest BCUT2D eigenvalue weighted by Gasteiger charge is -2.12. The molecule has 0 aliphatic rings. The number of aliphatic hydroxyl groups is 2. The third-order valence-corrected chi connectivity index (χ3v) is 6.07. The van der Waals surface area contributed by atoms with E-state index in [1.807, 2.05) is 0 Å². The van der Waals surface area contributed by atoms with E-state index in [1.54, 1.807) is 0 Å². The van der Waals surface area contributed by atoms with Crippen LogP contribution in [0.25, 0.3) is 0 Å². The van der Waals surface area contributed by atoms with E-state index in [-0.39, 0.29) is 25.8 Å². The fraction of sp³-hybridized carbons (Fsp3) is 0.968. The van der Waals surface area contributed by atoms with Crippen molar-refractivity contribution in [1.29, 1.82) is 0 Å². The molecule has 0 aromatic heterocycles. The summed E-state index contributed by atoms with van der Waals surface area (Å²) in [5.41, 5.74) is 0. The molecule has 0 aliphatic heterocycles. The van der Waals surface area contributed by atoms with Gasteiger partial charge in [0.15, 0.2) is 0 Å². The topological polar surface area (TPSA) is 141 Å². The van der Waals surface area contributed by atoms with Crippen LogP contribution in [-0.2, 0) is 47.4 Å². The van der Waals surface area contributed by atoms with Gasteiger partial charge in [-0.25, -0.2) is 0 Å². The van der Waals surface area contributed by atoms with Gasteiger partial charge in [0.2, 0.25) is 0 Å². The van der Waals surface area contributed by atoms with Crippen molar-refractivity contribution >= 4 is 5.97 Å². The van der Waals surface area contributed by atoms with Gasteiger partial charge < -0.3 is 52.8 Å². The van der Waals surface area contributed by atoms with Crippen LogP contribution < -0.4 is 0 Å². The number of carbonyl (C=O) groups excluding carboxylic acids is 1. The van der Waals surface area contributed by atoms with Crippen molar-refractivity contribution in [3.05, 3.63) is 0 Å². The average Bonchev–Trinajstić information content (AvgIpc) is 3.01. The van der Waals surface area contributed by atoms with E-state index < -0.39 is 6.10 Å². The summed E-state index contributed by atoms with van der Waals surface area (Å²) in [5.74, 6) is -0.262. The Morgan fingerprint density at radius 1 is 0.488 bits per heavy atom. The Morgan fingerprint density at radius 2 is 0.837 bits per heavy atom. The van der Waals surface area contributed by atoms with E-state index in [0.717, 1.165) is 19.3 Å². The second kappa shape index (κ2) is 37.3. The molecule has 12 heteroatoms. The van der Waals surface area contributed by atoms with Gasteiger partial charge in [-0.3, -0.25) is 4.79 Å². The maximum atomic E-state index is 11.8. The molecule has 0 aromatic rings. The van der Waals surface area contributed by atoms with Crippen molar-refractivity contribution in [3.8, 4) is 0 Å². The summed E-state index contributed by atoms with van der Waals surface area (Å²) < 4.78 is 48.0. The first kappa shape index (κ1) is 42.1. The lowest BCUT2D eigenvalue weighted by molar-refractivity contribution is -0.148. The monoisotopic (exact) mass is 626 g/mol. The lowest BCUT2D eigenvalue weighted by atomic mass is 10.1. The van der Waals surface area contributed by atoms with Crippen molar-refractivity contribution in [2.24, 2.45) is 0 Å². The quantitative estimate of drug-likeness (QED) is 0.0774. The standard InChI is InChI=1S/C31H62O12/c1-2-3-4-5-6-7-8-9-10-11-31(34)43-29-30(33)28-42-27-26-41-25-24-40-23-22-39-21-20-38-19-18-37-17-16-36-15-14-35-13-12-32/h30,32-33H,2-29H2,1H3. The van der Waals surface area contributed by atoms with Crippen LogP contribution >= 0.6 is 0 Å². The van der Waals surface area contributed by atoms with Gasteiger partial charge in [-0.15, -0.1) is 0 Å². The minimum Gasteiger partial charge on any atom is -0.463 e. The number of esters is 1. The van der Waals surface area contributed by atoms with Crippen LogP contribution in [0, 0.1) is 0 Å². The lowest BCUT2D eigenvalue weighted by Crippen LogP contribution is -2.24. The largest absolute Gasteiger partial charge is 0.463 e. The Bertz CT molecular complexity index is 541. The van der Waals surface area contributed by atoms with Crippen LogP contribution in [0.4, 0.5) is 0 Å². The van der Waals surface area contributed by atoms with Crippen LogP contribution in [0.5, 0.6) is 0 Å². The number of aliphatic hydroxyl groups excluding tert-OH is 2. The van der Waals surface area contributed by atoms with Crippen LogP contribution in [0.15, 0.2) is 0 Å². The molecule has 0 amide bonds. The summed E-state index contributed by atoms with van der Waals surface area (Å²) in [7, 11) is 0.